The van der Waals surface area contributed by atoms with Crippen molar-refractivity contribution in [2.45, 2.75) is 0 Å². The number of carboxylic acids is 1. The Morgan fingerprint density at radius 1 is 1.44 bits per heavy atom. The van der Waals surface area contributed by atoms with Crippen LogP contribution in [-0.4, -0.2) is 88.7 Å². The van der Waals surface area contributed by atoms with Gasteiger partial charge in [-0.2, -0.15) is 0 Å². The van der Waals surface area contributed by atoms with Gasteiger partial charge in [-0.1, -0.05) is 0 Å². The van der Waals surface area contributed by atoms with Gasteiger partial charge < -0.3 is 9.59 Å². The van der Waals surface area contributed by atoms with Crippen molar-refractivity contribution in [1.29, 1.82) is 0 Å². The Hall–Kier alpha value is 0.911. The zero-order chi connectivity index (χ0) is 6.78. The van der Waals surface area contributed by atoms with Crippen molar-refractivity contribution < 1.29 is 14.4 Å². The number of rotatable bonds is 2. The number of nitrogens with zero attached hydrogens (tertiary/aromatic N) is 1. The van der Waals surface area contributed by atoms with Crippen molar-refractivity contribution in [3.8, 4) is 0 Å². The minimum atomic E-state index is -0.752. The third-order valence-corrected chi connectivity index (χ3v) is 0.610. The Labute approximate surface area is 92.5 Å². The van der Waals surface area contributed by atoms with Gasteiger partial charge in [0.05, 0.1) is 21.1 Å². The van der Waals surface area contributed by atoms with E-state index in [1.54, 1.807) is 0 Å². The summed E-state index contributed by atoms with van der Waals surface area (Å²) in [6, 6.07) is 0. The van der Waals surface area contributed by atoms with Crippen molar-refractivity contribution in [2.75, 3.05) is 27.7 Å². The molecule has 0 aromatic heterocycles. The van der Waals surface area contributed by atoms with E-state index in [1.807, 2.05) is 21.1 Å². The quantitative estimate of drug-likeness (QED) is 0.483. The van der Waals surface area contributed by atoms with Gasteiger partial charge in [-0.3, -0.25) is 0 Å². The molecule has 0 atom stereocenters. The van der Waals surface area contributed by atoms with Crippen LogP contribution in [-0.2, 0) is 4.79 Å². The smallest absolute Gasteiger partial charge is 0.477 e. The van der Waals surface area contributed by atoms with Crippen molar-refractivity contribution in [1.82, 2.24) is 0 Å². The molecule has 0 radical (unpaired) electrons. The van der Waals surface area contributed by atoms with E-state index >= 15 is 0 Å². The fourth-order valence-electron chi connectivity index (χ4n) is 0.406. The Balaban J connectivity index is 0. The van der Waals surface area contributed by atoms with E-state index in [-0.39, 0.29) is 52.0 Å². The average Bonchev–Trinajstić information content (AvgIpc) is 1.21. The first-order valence-corrected chi connectivity index (χ1v) is 2.44. The maximum Gasteiger partial charge on any atom is 2.00 e. The first kappa shape index (κ1) is 12.6. The molecular formula is C5H12NO2Sr+3. The number of quaternary nitrogens is 1. The van der Waals surface area contributed by atoms with Gasteiger partial charge in [-0.15, -0.1) is 0 Å². The molecule has 0 saturated carbocycles. The van der Waals surface area contributed by atoms with Gasteiger partial charge in [0.25, 0.3) is 0 Å². The zero-order valence-electron chi connectivity index (χ0n) is 6.22. The maximum atomic E-state index is 10.00. The summed E-state index contributed by atoms with van der Waals surface area (Å²) in [4.78, 5) is 10.00. The minimum absolute atomic E-state index is 0. The van der Waals surface area contributed by atoms with Crippen LogP contribution in [0.3, 0.4) is 0 Å². The summed E-state index contributed by atoms with van der Waals surface area (Å²) in [5.74, 6) is -0.752. The first-order chi connectivity index (χ1) is 3.42. The molecule has 3 nitrogen and oxygen atoms in total. The molecule has 48 valence electrons. The van der Waals surface area contributed by atoms with Gasteiger partial charge in [0.1, 0.15) is 0 Å². The molecular weight excluding hydrogens is 194 g/mol. The van der Waals surface area contributed by atoms with Crippen LogP contribution in [0, 0.1) is 0 Å². The van der Waals surface area contributed by atoms with E-state index in [2.05, 4.69) is 0 Å². The third kappa shape index (κ3) is 12.2. The second-order valence-corrected chi connectivity index (χ2v) is 2.84. The zero-order valence-corrected chi connectivity index (χ0v) is 9.69. The monoisotopic (exact) mass is 206 g/mol. The van der Waals surface area contributed by atoms with Crippen LogP contribution in [0.2, 0.25) is 0 Å². The average molecular weight is 206 g/mol. The van der Waals surface area contributed by atoms with E-state index < -0.39 is 5.97 Å². The molecule has 9 heavy (non-hydrogen) atoms. The molecule has 0 saturated heterocycles. The molecule has 0 unspecified atom stereocenters. The third-order valence-electron chi connectivity index (χ3n) is 0.610. The van der Waals surface area contributed by atoms with E-state index in [4.69, 9.17) is 5.11 Å². The molecule has 0 fully saturated rings. The topological polar surface area (TPSA) is 37.3 Å². The van der Waals surface area contributed by atoms with Gasteiger partial charge in [0.15, 0.2) is 6.54 Å². The Morgan fingerprint density at radius 2 is 1.78 bits per heavy atom. The number of hydrogen-bond donors (Lipinski definition) is 1. The predicted molar refractivity (Wildman–Crippen MR) is 36.3 cm³/mol. The van der Waals surface area contributed by atoms with Crippen LogP contribution < -0.4 is 0 Å². The summed E-state index contributed by atoms with van der Waals surface area (Å²) in [5, 5.41) is 8.23. The Bertz CT molecular complexity index is 97.6. The van der Waals surface area contributed by atoms with Gasteiger partial charge in [-0.05, 0) is 0 Å². The van der Waals surface area contributed by atoms with E-state index in [1.165, 1.54) is 0 Å². The SMILES string of the molecule is C[N+](C)(C)CC(=O)O.[Sr+2]. The molecule has 0 heterocycles. The van der Waals surface area contributed by atoms with Crippen LogP contribution in [0.4, 0.5) is 0 Å². The molecule has 4 heteroatoms. The largest absolute Gasteiger partial charge is 2.00 e. The summed E-state index contributed by atoms with van der Waals surface area (Å²) < 4.78 is 0.481. The second-order valence-electron chi connectivity index (χ2n) is 2.84. The van der Waals surface area contributed by atoms with Crippen LogP contribution in [0.5, 0.6) is 0 Å². The van der Waals surface area contributed by atoms with E-state index in [0.29, 0.717) is 4.48 Å². The summed E-state index contributed by atoms with van der Waals surface area (Å²) in [6.07, 6.45) is 0. The van der Waals surface area contributed by atoms with Crippen LogP contribution in [0.25, 0.3) is 0 Å². The van der Waals surface area contributed by atoms with Crippen LogP contribution >= 0.6 is 0 Å². The van der Waals surface area contributed by atoms with Gasteiger partial charge in [0.2, 0.25) is 0 Å². The summed E-state index contributed by atoms with van der Waals surface area (Å²) in [5.41, 5.74) is 0. The van der Waals surface area contributed by atoms with Crippen LogP contribution in [0.1, 0.15) is 0 Å². The Morgan fingerprint density at radius 3 is 1.78 bits per heavy atom. The normalized spacial score (nSPS) is 10.1. The first-order valence-electron chi connectivity index (χ1n) is 2.44. The fraction of sp³-hybridized carbons (Fsp3) is 0.800. The molecule has 0 amide bonds. The van der Waals surface area contributed by atoms with E-state index in [9.17, 15) is 4.79 Å². The number of carbonyl (C=O) groups is 1. The summed E-state index contributed by atoms with van der Waals surface area (Å²) in [6.45, 7) is 0.181. The fourth-order valence-corrected chi connectivity index (χ4v) is 0.406. The maximum absolute atomic E-state index is 10.00. The summed E-state index contributed by atoms with van der Waals surface area (Å²) >= 11 is 0. The van der Waals surface area contributed by atoms with Gasteiger partial charge >= 0.3 is 51.5 Å². The molecule has 1 N–H and O–H groups in total. The molecule has 0 aromatic rings. The summed E-state index contributed by atoms with van der Waals surface area (Å²) in [7, 11) is 5.52. The van der Waals surface area contributed by atoms with Gasteiger partial charge in [-0.25, -0.2) is 4.79 Å². The van der Waals surface area contributed by atoms with Crippen molar-refractivity contribution in [2.24, 2.45) is 0 Å². The number of hydrogen-bond acceptors (Lipinski definition) is 1. The van der Waals surface area contributed by atoms with Crippen molar-refractivity contribution in [3.63, 3.8) is 0 Å². The van der Waals surface area contributed by atoms with E-state index in [0.717, 1.165) is 0 Å². The molecule has 0 spiro atoms. The minimum Gasteiger partial charge on any atom is -0.477 e. The predicted octanol–water partition coefficient (Wildman–Crippen LogP) is -0.604. The standard InChI is InChI=1S/C5H11NO2.Sr/c1-6(2,3)4-5(7)8;/h4H2,1-3H3;/q;+2/p+1. The van der Waals surface area contributed by atoms with Gasteiger partial charge in [0, 0.05) is 0 Å². The number of carboxylic acid groups (broad SMARTS) is 1. The molecule has 0 aromatic carbocycles. The molecule has 0 rings (SSSR count). The van der Waals surface area contributed by atoms with Crippen molar-refractivity contribution in [3.05, 3.63) is 0 Å². The molecule has 0 aliphatic heterocycles. The number of aliphatic carboxylic acids is 1. The molecule has 0 bridgehead atoms. The molecule has 0 aliphatic rings. The Kier molecular flexibility index (Phi) is 6.54. The van der Waals surface area contributed by atoms with Crippen LogP contribution in [0.15, 0.2) is 0 Å². The second kappa shape index (κ2) is 4.68. The number of likely N-dealkylation sites (N-methyl/N-ethyl adjacent to an activating group) is 1. The van der Waals surface area contributed by atoms with Crippen molar-refractivity contribution >= 4 is 51.5 Å². The molecule has 0 aliphatic carbocycles.